The zero-order valence-electron chi connectivity index (χ0n) is 21.4. The second-order valence-corrected chi connectivity index (χ2v) is 11.0. The number of hydrogen-bond donors (Lipinski definition) is 1. The van der Waals surface area contributed by atoms with E-state index in [4.69, 9.17) is 11.6 Å². The molecule has 39 heavy (non-hydrogen) atoms. The lowest BCUT2D eigenvalue weighted by atomic mass is 10.1. The molecule has 0 aliphatic carbocycles. The van der Waals surface area contributed by atoms with Crippen molar-refractivity contribution in [3.05, 3.63) is 94.5 Å². The molecule has 3 rings (SSSR count). The van der Waals surface area contributed by atoms with Crippen molar-refractivity contribution in [2.45, 2.75) is 37.5 Å². The van der Waals surface area contributed by atoms with Gasteiger partial charge in [0, 0.05) is 18.6 Å². The Morgan fingerprint density at radius 2 is 1.64 bits per heavy atom. The summed E-state index contributed by atoms with van der Waals surface area (Å²) in [7, 11) is -3.12. The van der Waals surface area contributed by atoms with Crippen LogP contribution in [0.3, 0.4) is 0 Å². The predicted octanol–water partition coefficient (Wildman–Crippen LogP) is 5.03. The highest BCUT2D eigenvalue weighted by Gasteiger charge is 2.35. The van der Waals surface area contributed by atoms with Crippen molar-refractivity contribution in [3.8, 4) is 0 Å². The standard InChI is InChI=1S/C27H27ClF3N3O4S/c1-18-11-13-23(14-12-18)39(37,38)34(22-9-6-8-21(15-22)27(29,30)31)17-25(35)33(19(2)26(36)32-3)16-20-7-4-5-10-24(20)28/h4-15,19H,16-17H2,1-3H3,(H,32,36)/t19-/m1/s1. The molecule has 0 saturated carbocycles. The van der Waals surface area contributed by atoms with Gasteiger partial charge < -0.3 is 10.2 Å². The van der Waals surface area contributed by atoms with Crippen LogP contribution in [-0.4, -0.2) is 44.8 Å². The number of likely N-dealkylation sites (N-methyl/N-ethyl adjacent to an activating group) is 1. The number of hydrogen-bond acceptors (Lipinski definition) is 4. The van der Waals surface area contributed by atoms with Gasteiger partial charge in [-0.25, -0.2) is 8.42 Å². The second kappa shape index (κ2) is 12.1. The summed E-state index contributed by atoms with van der Waals surface area (Å²) in [5.74, 6) is -1.35. The van der Waals surface area contributed by atoms with Gasteiger partial charge in [0.25, 0.3) is 10.0 Å². The summed E-state index contributed by atoms with van der Waals surface area (Å²) in [4.78, 5) is 27.1. The van der Waals surface area contributed by atoms with Crippen LogP contribution >= 0.6 is 11.6 Å². The highest BCUT2D eigenvalue weighted by Crippen LogP contribution is 2.33. The van der Waals surface area contributed by atoms with Gasteiger partial charge in [0.05, 0.1) is 16.1 Å². The Kier molecular flexibility index (Phi) is 9.29. The van der Waals surface area contributed by atoms with E-state index in [0.29, 0.717) is 21.0 Å². The van der Waals surface area contributed by atoms with Crippen molar-refractivity contribution in [2.75, 3.05) is 17.9 Å². The maximum absolute atomic E-state index is 13.7. The average Bonchev–Trinajstić information content (AvgIpc) is 2.90. The molecule has 0 radical (unpaired) electrons. The van der Waals surface area contributed by atoms with E-state index in [2.05, 4.69) is 5.32 Å². The third-order valence-corrected chi connectivity index (χ3v) is 8.22. The smallest absolute Gasteiger partial charge is 0.357 e. The number of sulfonamides is 1. The Balaban J connectivity index is 2.11. The molecule has 208 valence electrons. The van der Waals surface area contributed by atoms with Gasteiger partial charge in [-0.05, 0) is 55.8 Å². The number of carbonyl (C=O) groups excluding carboxylic acids is 2. The summed E-state index contributed by atoms with van der Waals surface area (Å²) in [6.07, 6.45) is -4.75. The summed E-state index contributed by atoms with van der Waals surface area (Å²) in [6, 6.07) is 15.0. The van der Waals surface area contributed by atoms with Crippen molar-refractivity contribution in [2.24, 2.45) is 0 Å². The van der Waals surface area contributed by atoms with E-state index in [0.717, 1.165) is 22.6 Å². The third-order valence-electron chi connectivity index (χ3n) is 6.06. The molecule has 12 heteroatoms. The Bertz CT molecular complexity index is 1450. The van der Waals surface area contributed by atoms with Crippen LogP contribution in [0.2, 0.25) is 5.02 Å². The number of nitrogens with zero attached hydrogens (tertiary/aromatic N) is 2. The number of nitrogens with one attached hydrogen (secondary N) is 1. The summed E-state index contributed by atoms with van der Waals surface area (Å²) >= 11 is 6.27. The molecule has 0 fully saturated rings. The summed E-state index contributed by atoms with van der Waals surface area (Å²) in [5.41, 5.74) is -0.177. The molecule has 1 N–H and O–H groups in total. The van der Waals surface area contributed by atoms with Crippen LogP contribution in [0.25, 0.3) is 0 Å². The van der Waals surface area contributed by atoms with E-state index in [9.17, 15) is 31.2 Å². The van der Waals surface area contributed by atoms with Gasteiger partial charge in [-0.2, -0.15) is 13.2 Å². The highest BCUT2D eigenvalue weighted by molar-refractivity contribution is 7.92. The van der Waals surface area contributed by atoms with Crippen LogP contribution in [0.15, 0.2) is 77.7 Å². The van der Waals surface area contributed by atoms with Crippen LogP contribution in [0, 0.1) is 6.92 Å². The quantitative estimate of drug-likeness (QED) is 0.384. The number of anilines is 1. The number of benzene rings is 3. The van der Waals surface area contributed by atoms with Crippen molar-refractivity contribution in [3.63, 3.8) is 0 Å². The van der Waals surface area contributed by atoms with E-state index in [1.165, 1.54) is 44.3 Å². The maximum atomic E-state index is 13.7. The minimum atomic E-state index is -4.75. The SMILES string of the molecule is CNC(=O)[C@@H](C)N(Cc1ccccc1Cl)C(=O)CN(c1cccc(C(F)(F)F)c1)S(=O)(=O)c1ccc(C)cc1. The average molecular weight is 582 g/mol. The van der Waals surface area contributed by atoms with E-state index < -0.39 is 46.2 Å². The number of amides is 2. The van der Waals surface area contributed by atoms with Crippen LogP contribution in [-0.2, 0) is 32.3 Å². The lowest BCUT2D eigenvalue weighted by Crippen LogP contribution is -2.50. The van der Waals surface area contributed by atoms with E-state index in [1.54, 1.807) is 31.2 Å². The summed E-state index contributed by atoms with van der Waals surface area (Å²) in [6.45, 7) is 2.19. The molecule has 0 aliphatic rings. The number of alkyl halides is 3. The monoisotopic (exact) mass is 581 g/mol. The minimum Gasteiger partial charge on any atom is -0.357 e. The van der Waals surface area contributed by atoms with Crippen molar-refractivity contribution in [1.29, 1.82) is 0 Å². The fraction of sp³-hybridized carbons (Fsp3) is 0.259. The zero-order chi connectivity index (χ0) is 29.0. The highest BCUT2D eigenvalue weighted by atomic mass is 35.5. The third kappa shape index (κ3) is 7.10. The van der Waals surface area contributed by atoms with E-state index in [-0.39, 0.29) is 17.1 Å². The molecule has 0 bridgehead atoms. The largest absolute Gasteiger partial charge is 0.416 e. The number of aryl methyl sites for hydroxylation is 1. The molecular formula is C27H27ClF3N3O4S. The Hall–Kier alpha value is -3.57. The zero-order valence-corrected chi connectivity index (χ0v) is 22.9. The van der Waals surface area contributed by atoms with Crippen LogP contribution in [0.1, 0.15) is 23.6 Å². The van der Waals surface area contributed by atoms with Crippen LogP contribution in [0.5, 0.6) is 0 Å². The van der Waals surface area contributed by atoms with Crippen molar-refractivity contribution >= 4 is 39.1 Å². The molecule has 0 spiro atoms. The van der Waals surface area contributed by atoms with Gasteiger partial charge in [0.2, 0.25) is 11.8 Å². The first-order valence-corrected chi connectivity index (χ1v) is 13.6. The molecule has 2 amide bonds. The molecule has 0 aromatic heterocycles. The van der Waals surface area contributed by atoms with Gasteiger partial charge in [0.1, 0.15) is 12.6 Å². The molecule has 0 heterocycles. The first-order valence-electron chi connectivity index (χ1n) is 11.8. The fourth-order valence-electron chi connectivity index (χ4n) is 3.81. The van der Waals surface area contributed by atoms with Crippen LogP contribution in [0.4, 0.5) is 18.9 Å². The number of halogens is 4. The molecule has 3 aromatic rings. The van der Waals surface area contributed by atoms with Crippen LogP contribution < -0.4 is 9.62 Å². The van der Waals surface area contributed by atoms with Gasteiger partial charge in [-0.15, -0.1) is 0 Å². The molecule has 0 unspecified atom stereocenters. The Morgan fingerprint density at radius 3 is 2.23 bits per heavy atom. The summed E-state index contributed by atoms with van der Waals surface area (Å²) < 4.78 is 68.5. The number of rotatable bonds is 9. The number of carbonyl (C=O) groups is 2. The molecular weight excluding hydrogens is 555 g/mol. The maximum Gasteiger partial charge on any atom is 0.416 e. The van der Waals surface area contributed by atoms with Gasteiger partial charge in [-0.1, -0.05) is 53.6 Å². The topological polar surface area (TPSA) is 86.8 Å². The lowest BCUT2D eigenvalue weighted by Gasteiger charge is -2.32. The first-order chi connectivity index (χ1) is 18.3. The molecule has 3 aromatic carbocycles. The van der Waals surface area contributed by atoms with Crippen molar-refractivity contribution < 1.29 is 31.2 Å². The van der Waals surface area contributed by atoms with Crippen molar-refractivity contribution in [1.82, 2.24) is 10.2 Å². The van der Waals surface area contributed by atoms with Gasteiger partial charge in [-0.3, -0.25) is 13.9 Å². The summed E-state index contributed by atoms with van der Waals surface area (Å²) in [5, 5.41) is 2.77. The van der Waals surface area contributed by atoms with E-state index >= 15 is 0 Å². The Labute approximate surface area is 230 Å². The van der Waals surface area contributed by atoms with Gasteiger partial charge in [0.15, 0.2) is 0 Å². The lowest BCUT2D eigenvalue weighted by molar-refractivity contribution is -0.139. The normalized spacial score (nSPS) is 12.5. The van der Waals surface area contributed by atoms with E-state index in [1.807, 2.05) is 0 Å². The molecule has 1 atom stereocenters. The minimum absolute atomic E-state index is 0.145. The molecule has 7 nitrogen and oxygen atoms in total. The predicted molar refractivity (Wildman–Crippen MR) is 143 cm³/mol. The second-order valence-electron chi connectivity index (χ2n) is 8.78. The molecule has 0 saturated heterocycles. The Morgan fingerprint density at radius 1 is 1.00 bits per heavy atom. The van der Waals surface area contributed by atoms with Gasteiger partial charge >= 0.3 is 6.18 Å². The molecule has 0 aliphatic heterocycles. The fourth-order valence-corrected chi connectivity index (χ4v) is 5.41. The first kappa shape index (κ1) is 30.0.